The van der Waals surface area contributed by atoms with Crippen molar-refractivity contribution in [3.05, 3.63) is 30.1 Å². The van der Waals surface area contributed by atoms with Gasteiger partial charge in [0.2, 0.25) is 0 Å². The number of aryl methyl sites for hydroxylation is 1. The van der Waals surface area contributed by atoms with Gasteiger partial charge >= 0.3 is 11.9 Å². The highest BCUT2D eigenvalue weighted by Gasteiger charge is 2.24. The van der Waals surface area contributed by atoms with Gasteiger partial charge in [-0.3, -0.25) is 9.59 Å². The number of nitrogens with one attached hydrogen (secondary N) is 1. The molecule has 0 fully saturated rings. The number of amides is 1. The number of hydrogen-bond donors (Lipinski definition) is 1. The van der Waals surface area contributed by atoms with E-state index in [0.717, 1.165) is 32.1 Å². The standard InChI is InChI=1S/C48H86N2O5/c1-4-6-8-10-12-14-16-18-20-22-24-26-28-30-32-34-42-54-46(51)37-36-45(49-47(52)44-38-40-50(3)41-39-44)48(53)55-43-35-33-31-29-27-25-23-21-19-17-15-13-11-9-7-5-2/h38-41,45H,4-37,42-43H2,1-3H3/p+1. The third-order valence-corrected chi connectivity index (χ3v) is 11.0. The van der Waals surface area contributed by atoms with Gasteiger partial charge in [0.25, 0.3) is 5.91 Å². The minimum Gasteiger partial charge on any atom is -0.466 e. The van der Waals surface area contributed by atoms with Crippen molar-refractivity contribution in [3.8, 4) is 0 Å². The topological polar surface area (TPSA) is 85.6 Å². The number of nitrogens with zero attached hydrogens (tertiary/aromatic N) is 1. The average molecular weight is 772 g/mol. The Labute approximate surface area is 339 Å². The molecule has 1 rings (SSSR count). The van der Waals surface area contributed by atoms with E-state index in [2.05, 4.69) is 19.2 Å². The second kappa shape index (κ2) is 38.4. The highest BCUT2D eigenvalue weighted by atomic mass is 16.5. The van der Waals surface area contributed by atoms with E-state index >= 15 is 0 Å². The van der Waals surface area contributed by atoms with Crippen molar-refractivity contribution < 1.29 is 28.4 Å². The van der Waals surface area contributed by atoms with Crippen molar-refractivity contribution in [3.63, 3.8) is 0 Å². The van der Waals surface area contributed by atoms with Crippen LogP contribution < -0.4 is 9.88 Å². The summed E-state index contributed by atoms with van der Waals surface area (Å²) in [6.07, 6.45) is 45.2. The summed E-state index contributed by atoms with van der Waals surface area (Å²) in [5.41, 5.74) is 0.458. The van der Waals surface area contributed by atoms with Gasteiger partial charge in [0.15, 0.2) is 12.4 Å². The van der Waals surface area contributed by atoms with Crippen LogP contribution in [0.15, 0.2) is 24.5 Å². The molecule has 0 radical (unpaired) electrons. The van der Waals surface area contributed by atoms with Crippen LogP contribution >= 0.6 is 0 Å². The van der Waals surface area contributed by atoms with Crippen LogP contribution in [-0.4, -0.2) is 37.1 Å². The number of pyridine rings is 1. The Hall–Kier alpha value is -2.44. The molecule has 55 heavy (non-hydrogen) atoms. The Kier molecular flexibility index (Phi) is 35.3. The zero-order valence-electron chi connectivity index (χ0n) is 36.3. The van der Waals surface area contributed by atoms with Crippen molar-refractivity contribution in [2.45, 2.75) is 238 Å². The van der Waals surface area contributed by atoms with E-state index in [1.54, 1.807) is 24.5 Å². The molecule has 1 amide bonds. The molecule has 0 aliphatic heterocycles. The smallest absolute Gasteiger partial charge is 0.328 e. The van der Waals surface area contributed by atoms with E-state index in [1.165, 1.54) is 173 Å². The lowest BCUT2D eigenvalue weighted by Crippen LogP contribution is -2.42. The quantitative estimate of drug-likeness (QED) is 0.0408. The number of esters is 2. The number of carbonyl (C=O) groups excluding carboxylic acids is 3. The first kappa shape index (κ1) is 50.6. The molecular weight excluding hydrogens is 685 g/mol. The maximum atomic E-state index is 13.1. The van der Waals surface area contributed by atoms with Crippen LogP contribution in [0.3, 0.4) is 0 Å². The van der Waals surface area contributed by atoms with Gasteiger partial charge in [-0.25, -0.2) is 9.36 Å². The van der Waals surface area contributed by atoms with Gasteiger partial charge in [-0.05, 0) is 19.3 Å². The van der Waals surface area contributed by atoms with Crippen LogP contribution in [0.1, 0.15) is 243 Å². The fourth-order valence-corrected chi connectivity index (χ4v) is 7.24. The number of hydrogen-bond acceptors (Lipinski definition) is 5. The average Bonchev–Trinajstić information content (AvgIpc) is 3.18. The Morgan fingerprint density at radius 1 is 0.509 bits per heavy atom. The summed E-state index contributed by atoms with van der Waals surface area (Å²) in [7, 11) is 1.88. The minimum atomic E-state index is -0.898. The zero-order valence-corrected chi connectivity index (χ0v) is 36.3. The molecule has 0 bridgehead atoms. The molecule has 7 heteroatoms. The van der Waals surface area contributed by atoms with E-state index in [1.807, 2.05) is 11.6 Å². The summed E-state index contributed by atoms with van der Waals surface area (Å²) in [4.78, 5) is 38.6. The molecule has 0 aliphatic carbocycles. The van der Waals surface area contributed by atoms with Gasteiger partial charge in [0.1, 0.15) is 13.1 Å². The molecule has 1 atom stereocenters. The molecule has 1 aromatic heterocycles. The number of aromatic nitrogens is 1. The molecule has 7 nitrogen and oxygen atoms in total. The Balaban J connectivity index is 2.18. The molecule has 1 heterocycles. The lowest BCUT2D eigenvalue weighted by atomic mass is 10.0. The fourth-order valence-electron chi connectivity index (χ4n) is 7.24. The maximum Gasteiger partial charge on any atom is 0.328 e. The van der Waals surface area contributed by atoms with Gasteiger partial charge in [-0.1, -0.05) is 206 Å². The lowest BCUT2D eigenvalue weighted by Gasteiger charge is -2.17. The van der Waals surface area contributed by atoms with Crippen LogP contribution in [0.4, 0.5) is 0 Å². The Morgan fingerprint density at radius 2 is 0.836 bits per heavy atom. The fraction of sp³-hybridized carbons (Fsp3) is 0.833. The van der Waals surface area contributed by atoms with E-state index < -0.39 is 12.0 Å². The largest absolute Gasteiger partial charge is 0.466 e. The number of carbonyl (C=O) groups is 3. The molecular formula is C48H87N2O5+. The van der Waals surface area contributed by atoms with E-state index in [-0.39, 0.29) is 24.7 Å². The van der Waals surface area contributed by atoms with Crippen molar-refractivity contribution in [2.75, 3.05) is 13.2 Å². The normalized spacial score (nSPS) is 11.8. The lowest BCUT2D eigenvalue weighted by molar-refractivity contribution is -0.671. The second-order valence-corrected chi connectivity index (χ2v) is 16.3. The van der Waals surface area contributed by atoms with E-state index in [0.29, 0.717) is 18.8 Å². The number of ether oxygens (including phenoxy) is 2. The Morgan fingerprint density at radius 3 is 1.20 bits per heavy atom. The van der Waals surface area contributed by atoms with Crippen LogP contribution in [0.25, 0.3) is 0 Å². The Bertz CT molecular complexity index is 1030. The molecule has 0 spiro atoms. The van der Waals surface area contributed by atoms with Crippen LogP contribution in [0.5, 0.6) is 0 Å². The SMILES string of the molecule is CCCCCCCCCCCCCCCCCCOC(=O)CCC(NC(=O)c1cc[n+](C)cc1)C(=O)OCCCCCCCCCCCCCCCCCC. The monoisotopic (exact) mass is 772 g/mol. The van der Waals surface area contributed by atoms with Gasteiger partial charge < -0.3 is 14.8 Å². The predicted molar refractivity (Wildman–Crippen MR) is 229 cm³/mol. The zero-order chi connectivity index (χ0) is 39.9. The van der Waals surface area contributed by atoms with Crippen LogP contribution in [0, 0.1) is 0 Å². The van der Waals surface area contributed by atoms with Gasteiger partial charge in [0.05, 0.1) is 18.8 Å². The molecule has 0 saturated carbocycles. The van der Waals surface area contributed by atoms with Crippen molar-refractivity contribution in [2.24, 2.45) is 7.05 Å². The number of unbranched alkanes of at least 4 members (excludes halogenated alkanes) is 30. The van der Waals surface area contributed by atoms with Crippen molar-refractivity contribution in [1.82, 2.24) is 5.32 Å². The van der Waals surface area contributed by atoms with Crippen molar-refractivity contribution >= 4 is 17.8 Å². The van der Waals surface area contributed by atoms with Crippen LogP contribution in [0.2, 0.25) is 0 Å². The molecule has 1 unspecified atom stereocenters. The summed E-state index contributed by atoms with van der Waals surface area (Å²) >= 11 is 0. The van der Waals surface area contributed by atoms with Gasteiger partial charge in [-0.15, -0.1) is 0 Å². The third kappa shape index (κ3) is 32.4. The summed E-state index contributed by atoms with van der Waals surface area (Å²) in [6, 6.07) is 2.52. The first-order valence-corrected chi connectivity index (χ1v) is 23.6. The highest BCUT2D eigenvalue weighted by molar-refractivity contribution is 5.96. The van der Waals surface area contributed by atoms with E-state index in [9.17, 15) is 14.4 Å². The first-order chi connectivity index (χ1) is 27.0. The molecule has 1 N–H and O–H groups in total. The third-order valence-electron chi connectivity index (χ3n) is 11.0. The van der Waals surface area contributed by atoms with Crippen LogP contribution in [-0.2, 0) is 26.1 Å². The number of rotatable bonds is 40. The van der Waals surface area contributed by atoms with Crippen molar-refractivity contribution in [1.29, 1.82) is 0 Å². The van der Waals surface area contributed by atoms with Gasteiger partial charge in [0, 0.05) is 18.6 Å². The molecule has 1 aromatic rings. The summed E-state index contributed by atoms with van der Waals surface area (Å²) in [6.45, 7) is 5.28. The second-order valence-electron chi connectivity index (χ2n) is 16.3. The molecule has 0 aromatic carbocycles. The first-order valence-electron chi connectivity index (χ1n) is 23.6. The molecule has 318 valence electrons. The summed E-state index contributed by atoms with van der Waals surface area (Å²) < 4.78 is 12.9. The maximum absolute atomic E-state index is 13.1. The molecule has 0 saturated heterocycles. The predicted octanol–water partition coefficient (Wildman–Crippen LogP) is 13.0. The minimum absolute atomic E-state index is 0.0572. The highest BCUT2D eigenvalue weighted by Crippen LogP contribution is 2.16. The molecule has 0 aliphatic rings. The summed E-state index contributed by atoms with van der Waals surface area (Å²) in [5.74, 6) is -1.18. The van der Waals surface area contributed by atoms with E-state index in [4.69, 9.17) is 9.47 Å². The summed E-state index contributed by atoms with van der Waals surface area (Å²) in [5, 5.41) is 2.81. The van der Waals surface area contributed by atoms with Gasteiger partial charge in [-0.2, -0.15) is 0 Å².